The Balaban J connectivity index is 2.31. The quantitative estimate of drug-likeness (QED) is 0.879. The van der Waals surface area contributed by atoms with E-state index in [0.29, 0.717) is 0 Å². The van der Waals surface area contributed by atoms with Crippen LogP contribution in [0.5, 0.6) is 0 Å². The Kier molecular flexibility index (Phi) is 4.04. The average Bonchev–Trinajstić information content (AvgIpc) is 2.70. The molecule has 1 atom stereocenters. The number of nitrogens with zero attached hydrogens (tertiary/aromatic N) is 1. The van der Waals surface area contributed by atoms with Crippen LogP contribution < -0.4 is 5.32 Å². The van der Waals surface area contributed by atoms with E-state index >= 15 is 0 Å². The minimum atomic E-state index is 0.248. The molecule has 0 amide bonds. The maximum absolute atomic E-state index is 5.95. The molecule has 18 heavy (non-hydrogen) atoms. The zero-order chi connectivity index (χ0) is 13.1. The van der Waals surface area contributed by atoms with E-state index in [4.69, 9.17) is 4.42 Å². The number of benzene rings is 1. The van der Waals surface area contributed by atoms with Gasteiger partial charge in [-0.15, -0.1) is 0 Å². The zero-order valence-electron chi connectivity index (χ0n) is 11.7. The fraction of sp³-hybridized carbons (Fsp3) is 0.467. The third-order valence-electron chi connectivity index (χ3n) is 3.03. The third kappa shape index (κ3) is 2.92. The van der Waals surface area contributed by atoms with Gasteiger partial charge in [0.05, 0.1) is 6.04 Å². The lowest BCUT2D eigenvalue weighted by atomic mass is 10.1. The molecule has 1 N–H and O–H groups in total. The fourth-order valence-electron chi connectivity index (χ4n) is 2.22. The van der Waals surface area contributed by atoms with Crippen LogP contribution in [0.4, 0.5) is 0 Å². The summed E-state index contributed by atoms with van der Waals surface area (Å²) in [5.41, 5.74) is 2.24. The van der Waals surface area contributed by atoms with Gasteiger partial charge in [-0.05, 0) is 45.8 Å². The molecule has 0 radical (unpaired) electrons. The predicted molar refractivity (Wildman–Crippen MR) is 75.9 cm³/mol. The second kappa shape index (κ2) is 5.55. The van der Waals surface area contributed by atoms with Crippen LogP contribution in [0.3, 0.4) is 0 Å². The largest absolute Gasteiger partial charge is 0.459 e. The number of nitrogens with one attached hydrogen (secondary N) is 1. The van der Waals surface area contributed by atoms with Crippen molar-refractivity contribution in [1.29, 1.82) is 0 Å². The first-order valence-corrected chi connectivity index (χ1v) is 6.48. The Hall–Kier alpha value is -1.32. The minimum Gasteiger partial charge on any atom is -0.459 e. The summed E-state index contributed by atoms with van der Waals surface area (Å²) in [6.07, 6.45) is 0. The van der Waals surface area contributed by atoms with Gasteiger partial charge < -0.3 is 14.6 Å². The molecule has 0 aliphatic rings. The van der Waals surface area contributed by atoms with Crippen LogP contribution in [-0.4, -0.2) is 32.1 Å². The van der Waals surface area contributed by atoms with E-state index in [9.17, 15) is 0 Å². The molecular weight excluding hydrogens is 224 g/mol. The number of likely N-dealkylation sites (N-methyl/N-ethyl adjacent to an activating group) is 2. The Labute approximate surface area is 109 Å². The zero-order valence-corrected chi connectivity index (χ0v) is 11.7. The minimum absolute atomic E-state index is 0.248. The first-order valence-electron chi connectivity index (χ1n) is 6.48. The second-order valence-electron chi connectivity index (χ2n) is 5.06. The maximum Gasteiger partial charge on any atom is 0.134 e. The van der Waals surface area contributed by atoms with Crippen LogP contribution in [0, 0.1) is 6.92 Å². The molecule has 1 aromatic carbocycles. The monoisotopic (exact) mass is 246 g/mol. The van der Waals surface area contributed by atoms with Crippen molar-refractivity contribution >= 4 is 11.0 Å². The van der Waals surface area contributed by atoms with Gasteiger partial charge in [0.1, 0.15) is 11.3 Å². The highest BCUT2D eigenvalue weighted by Crippen LogP contribution is 2.25. The lowest BCUT2D eigenvalue weighted by molar-refractivity contribution is 0.316. The molecular formula is C15H22N2O. The van der Waals surface area contributed by atoms with Crippen LogP contribution in [0.2, 0.25) is 0 Å². The average molecular weight is 246 g/mol. The highest BCUT2D eigenvalue weighted by molar-refractivity contribution is 5.78. The lowest BCUT2D eigenvalue weighted by Crippen LogP contribution is -2.30. The molecule has 0 saturated heterocycles. The molecule has 0 saturated carbocycles. The molecule has 2 aromatic rings. The molecule has 98 valence electrons. The molecule has 0 bridgehead atoms. The predicted octanol–water partition coefficient (Wildman–Crippen LogP) is 2.95. The van der Waals surface area contributed by atoms with Crippen molar-refractivity contribution < 1.29 is 4.42 Å². The Morgan fingerprint density at radius 2 is 2.06 bits per heavy atom. The molecule has 0 aliphatic carbocycles. The van der Waals surface area contributed by atoms with Gasteiger partial charge in [-0.1, -0.05) is 18.6 Å². The molecule has 0 fully saturated rings. The van der Waals surface area contributed by atoms with Gasteiger partial charge in [0.25, 0.3) is 0 Å². The first-order chi connectivity index (χ1) is 8.60. The number of fused-ring (bicyclic) bond motifs is 1. The number of rotatable bonds is 5. The summed E-state index contributed by atoms with van der Waals surface area (Å²) in [4.78, 5) is 2.17. The van der Waals surface area contributed by atoms with E-state index in [1.807, 2.05) is 6.07 Å². The number of hydrogen-bond donors (Lipinski definition) is 1. The molecule has 2 rings (SSSR count). The smallest absolute Gasteiger partial charge is 0.134 e. The van der Waals surface area contributed by atoms with Crippen LogP contribution in [0.25, 0.3) is 11.0 Å². The number of aryl methyl sites for hydroxylation is 1. The van der Waals surface area contributed by atoms with E-state index < -0.39 is 0 Å². The first kappa shape index (κ1) is 13.1. The second-order valence-corrected chi connectivity index (χ2v) is 5.06. The summed E-state index contributed by atoms with van der Waals surface area (Å²) in [6, 6.07) is 8.70. The lowest BCUT2D eigenvalue weighted by Gasteiger charge is -2.19. The topological polar surface area (TPSA) is 28.4 Å². The number of furan rings is 1. The van der Waals surface area contributed by atoms with Crippen LogP contribution in [-0.2, 0) is 0 Å². The molecule has 3 nitrogen and oxygen atoms in total. The van der Waals surface area contributed by atoms with E-state index in [1.165, 1.54) is 10.9 Å². The van der Waals surface area contributed by atoms with Crippen molar-refractivity contribution in [2.45, 2.75) is 19.9 Å². The van der Waals surface area contributed by atoms with Gasteiger partial charge >= 0.3 is 0 Å². The standard InChI is InChI=1S/C15H22N2O/c1-5-16-13(10-17(3)4)15-9-12-8-11(2)6-7-14(12)18-15/h6-9,13,16H,5,10H2,1-4H3. The Morgan fingerprint density at radius 3 is 2.72 bits per heavy atom. The molecule has 0 aliphatic heterocycles. The highest BCUT2D eigenvalue weighted by Gasteiger charge is 2.16. The van der Waals surface area contributed by atoms with Crippen molar-refractivity contribution in [2.75, 3.05) is 27.2 Å². The van der Waals surface area contributed by atoms with Crippen LogP contribution >= 0.6 is 0 Å². The van der Waals surface area contributed by atoms with E-state index in [1.54, 1.807) is 0 Å². The van der Waals surface area contributed by atoms with Crippen molar-refractivity contribution in [2.24, 2.45) is 0 Å². The summed E-state index contributed by atoms with van der Waals surface area (Å²) >= 11 is 0. The van der Waals surface area contributed by atoms with Gasteiger partial charge in [0, 0.05) is 11.9 Å². The van der Waals surface area contributed by atoms with Gasteiger partial charge in [0.15, 0.2) is 0 Å². The summed E-state index contributed by atoms with van der Waals surface area (Å²) < 4.78 is 5.95. The van der Waals surface area contributed by atoms with Gasteiger partial charge in [-0.3, -0.25) is 0 Å². The number of hydrogen-bond acceptors (Lipinski definition) is 3. The van der Waals surface area contributed by atoms with Crippen LogP contribution in [0.15, 0.2) is 28.7 Å². The third-order valence-corrected chi connectivity index (χ3v) is 3.03. The van der Waals surface area contributed by atoms with Crippen LogP contribution in [0.1, 0.15) is 24.3 Å². The highest BCUT2D eigenvalue weighted by atomic mass is 16.3. The van der Waals surface area contributed by atoms with E-state index in [0.717, 1.165) is 24.4 Å². The van der Waals surface area contributed by atoms with E-state index in [2.05, 4.69) is 56.4 Å². The van der Waals surface area contributed by atoms with Crippen molar-refractivity contribution in [1.82, 2.24) is 10.2 Å². The normalized spacial score (nSPS) is 13.4. The SMILES string of the molecule is CCNC(CN(C)C)c1cc2cc(C)ccc2o1. The molecule has 0 spiro atoms. The molecule has 1 aromatic heterocycles. The summed E-state index contributed by atoms with van der Waals surface area (Å²) in [5.74, 6) is 1.02. The summed E-state index contributed by atoms with van der Waals surface area (Å²) in [7, 11) is 4.16. The molecule has 1 unspecified atom stereocenters. The maximum atomic E-state index is 5.95. The van der Waals surface area contributed by atoms with Crippen molar-refractivity contribution in [3.05, 3.63) is 35.6 Å². The molecule has 3 heteroatoms. The Bertz CT molecular complexity index is 516. The Morgan fingerprint density at radius 1 is 1.28 bits per heavy atom. The molecule has 1 heterocycles. The van der Waals surface area contributed by atoms with Gasteiger partial charge in [-0.2, -0.15) is 0 Å². The fourth-order valence-corrected chi connectivity index (χ4v) is 2.22. The van der Waals surface area contributed by atoms with Crippen molar-refractivity contribution in [3.63, 3.8) is 0 Å². The summed E-state index contributed by atoms with van der Waals surface area (Å²) in [6.45, 7) is 6.10. The van der Waals surface area contributed by atoms with Gasteiger partial charge in [-0.25, -0.2) is 0 Å². The van der Waals surface area contributed by atoms with Gasteiger partial charge in [0.2, 0.25) is 0 Å². The van der Waals surface area contributed by atoms with Crippen molar-refractivity contribution in [3.8, 4) is 0 Å². The van der Waals surface area contributed by atoms with E-state index in [-0.39, 0.29) is 6.04 Å². The summed E-state index contributed by atoms with van der Waals surface area (Å²) in [5, 5.41) is 4.66.